The van der Waals surface area contributed by atoms with E-state index < -0.39 is 15.8 Å². The maximum absolute atomic E-state index is 12.8. The first-order valence-electron chi connectivity index (χ1n) is 9.95. The molecule has 0 aliphatic heterocycles. The van der Waals surface area contributed by atoms with Crippen molar-refractivity contribution in [3.05, 3.63) is 114 Å². The highest BCUT2D eigenvalue weighted by atomic mass is 32.2. The lowest BCUT2D eigenvalue weighted by atomic mass is 10.0. The zero-order chi connectivity index (χ0) is 22.6. The molecule has 0 spiro atoms. The second-order valence-electron chi connectivity index (χ2n) is 7.23. The van der Waals surface area contributed by atoms with Gasteiger partial charge in [0.25, 0.3) is 10.0 Å². The SMILES string of the molecule is Cc1ccc(S(=O)(=O)N=C2C=C(Nc3ccccc3)C(Nc3ccccc3)=CC2=O)cc1. The van der Waals surface area contributed by atoms with Crippen molar-refractivity contribution >= 4 is 32.9 Å². The monoisotopic (exact) mass is 443 g/mol. The summed E-state index contributed by atoms with van der Waals surface area (Å²) in [7, 11) is -4.04. The summed E-state index contributed by atoms with van der Waals surface area (Å²) in [4.78, 5) is 12.8. The topological polar surface area (TPSA) is 87.6 Å². The summed E-state index contributed by atoms with van der Waals surface area (Å²) >= 11 is 0. The molecule has 2 N–H and O–H groups in total. The Labute approximate surface area is 187 Å². The predicted molar refractivity (Wildman–Crippen MR) is 127 cm³/mol. The molecule has 0 radical (unpaired) electrons. The van der Waals surface area contributed by atoms with Gasteiger partial charge in [0.05, 0.1) is 16.3 Å². The van der Waals surface area contributed by atoms with Gasteiger partial charge in [-0.1, -0.05) is 54.1 Å². The van der Waals surface area contributed by atoms with Gasteiger partial charge >= 0.3 is 0 Å². The van der Waals surface area contributed by atoms with Crippen molar-refractivity contribution in [2.24, 2.45) is 4.40 Å². The van der Waals surface area contributed by atoms with Gasteiger partial charge in [-0.2, -0.15) is 12.8 Å². The fourth-order valence-electron chi connectivity index (χ4n) is 3.09. The second kappa shape index (κ2) is 9.03. The minimum Gasteiger partial charge on any atom is -0.354 e. The van der Waals surface area contributed by atoms with Crippen LogP contribution in [0.25, 0.3) is 0 Å². The van der Waals surface area contributed by atoms with Crippen LogP contribution in [0.5, 0.6) is 0 Å². The summed E-state index contributed by atoms with van der Waals surface area (Å²) < 4.78 is 29.4. The van der Waals surface area contributed by atoms with E-state index in [4.69, 9.17) is 0 Å². The number of para-hydroxylation sites is 2. The molecular formula is C25H21N3O3S. The molecule has 0 bridgehead atoms. The van der Waals surface area contributed by atoms with Crippen LogP contribution in [0.2, 0.25) is 0 Å². The average Bonchev–Trinajstić information content (AvgIpc) is 2.78. The van der Waals surface area contributed by atoms with E-state index in [0.29, 0.717) is 11.4 Å². The number of aryl methyl sites for hydroxylation is 1. The van der Waals surface area contributed by atoms with Gasteiger partial charge in [0.1, 0.15) is 5.71 Å². The normalized spacial score (nSPS) is 15.2. The number of ketones is 1. The average molecular weight is 444 g/mol. The first kappa shape index (κ1) is 21.3. The van der Waals surface area contributed by atoms with Crippen molar-refractivity contribution in [1.82, 2.24) is 0 Å². The molecule has 160 valence electrons. The van der Waals surface area contributed by atoms with Crippen LogP contribution < -0.4 is 10.6 Å². The number of carbonyl (C=O) groups excluding carboxylic acids is 1. The summed E-state index contributed by atoms with van der Waals surface area (Å²) in [6.07, 6.45) is 2.80. The van der Waals surface area contributed by atoms with E-state index >= 15 is 0 Å². The van der Waals surface area contributed by atoms with E-state index in [2.05, 4.69) is 15.0 Å². The smallest absolute Gasteiger partial charge is 0.282 e. The lowest BCUT2D eigenvalue weighted by Gasteiger charge is -2.20. The Balaban J connectivity index is 1.72. The van der Waals surface area contributed by atoms with E-state index in [9.17, 15) is 13.2 Å². The fraction of sp³-hybridized carbons (Fsp3) is 0.0400. The van der Waals surface area contributed by atoms with Gasteiger partial charge in [0, 0.05) is 17.5 Å². The summed E-state index contributed by atoms with van der Waals surface area (Å²) in [6.45, 7) is 1.86. The first-order valence-corrected chi connectivity index (χ1v) is 11.4. The Bertz CT molecular complexity index is 1330. The molecule has 0 atom stereocenters. The molecule has 0 saturated carbocycles. The van der Waals surface area contributed by atoms with Gasteiger partial charge in [0.2, 0.25) is 5.78 Å². The van der Waals surface area contributed by atoms with Crippen molar-refractivity contribution < 1.29 is 13.2 Å². The third-order valence-corrected chi connectivity index (χ3v) is 6.05. The lowest BCUT2D eigenvalue weighted by molar-refractivity contribution is -0.108. The molecule has 3 aromatic carbocycles. The summed E-state index contributed by atoms with van der Waals surface area (Å²) in [5, 5.41) is 6.45. The van der Waals surface area contributed by atoms with Crippen LogP contribution in [0.3, 0.4) is 0 Å². The lowest BCUT2D eigenvalue weighted by Crippen LogP contribution is -2.23. The molecule has 0 fully saturated rings. The van der Waals surface area contributed by atoms with E-state index in [1.165, 1.54) is 24.3 Å². The quantitative estimate of drug-likeness (QED) is 0.539. The second-order valence-corrected chi connectivity index (χ2v) is 8.83. The van der Waals surface area contributed by atoms with Gasteiger partial charge < -0.3 is 10.6 Å². The van der Waals surface area contributed by atoms with E-state index in [0.717, 1.165) is 16.9 Å². The third kappa shape index (κ3) is 5.01. The molecule has 0 amide bonds. The Morgan fingerprint density at radius 2 is 1.19 bits per heavy atom. The number of benzene rings is 3. The fourth-order valence-corrected chi connectivity index (χ4v) is 4.08. The van der Waals surface area contributed by atoms with Crippen LogP contribution in [0.15, 0.2) is 118 Å². The highest BCUT2D eigenvalue weighted by Gasteiger charge is 2.23. The zero-order valence-electron chi connectivity index (χ0n) is 17.3. The van der Waals surface area contributed by atoms with E-state index in [1.807, 2.05) is 67.6 Å². The highest BCUT2D eigenvalue weighted by molar-refractivity contribution is 7.90. The number of rotatable bonds is 6. The molecule has 1 aliphatic rings. The standard InChI is InChI=1S/C25H21N3O3S/c1-18-12-14-21(15-13-18)32(30,31)28-24-16-22(26-19-8-4-2-5-9-19)23(17-25(24)29)27-20-10-6-3-7-11-20/h2-17,26-27H,1H3. The van der Waals surface area contributed by atoms with Crippen LogP contribution >= 0.6 is 0 Å². The van der Waals surface area contributed by atoms with Crippen molar-refractivity contribution in [3.8, 4) is 0 Å². The maximum Gasteiger partial charge on any atom is 0.282 e. The van der Waals surface area contributed by atoms with Crippen LogP contribution in [-0.4, -0.2) is 19.9 Å². The largest absolute Gasteiger partial charge is 0.354 e. The van der Waals surface area contributed by atoms with Crippen LogP contribution in [0, 0.1) is 6.92 Å². The number of hydrogen-bond donors (Lipinski definition) is 2. The minimum atomic E-state index is -4.04. The molecule has 32 heavy (non-hydrogen) atoms. The minimum absolute atomic E-state index is 0.0338. The van der Waals surface area contributed by atoms with E-state index in [-0.39, 0.29) is 10.6 Å². The van der Waals surface area contributed by atoms with Gasteiger partial charge in [-0.05, 0) is 49.4 Å². The third-order valence-electron chi connectivity index (χ3n) is 4.74. The zero-order valence-corrected chi connectivity index (χ0v) is 18.1. The van der Waals surface area contributed by atoms with Gasteiger partial charge in [-0.15, -0.1) is 0 Å². The number of allylic oxidation sites excluding steroid dienone is 2. The first-order chi connectivity index (χ1) is 15.4. The molecule has 0 aromatic heterocycles. The molecule has 4 rings (SSSR count). The number of nitrogens with zero attached hydrogens (tertiary/aromatic N) is 1. The number of nitrogens with one attached hydrogen (secondary N) is 2. The number of anilines is 2. The summed E-state index contributed by atoms with van der Waals surface area (Å²) in [6, 6.07) is 25.1. The summed E-state index contributed by atoms with van der Waals surface area (Å²) in [5.74, 6) is -0.502. The molecule has 6 nitrogen and oxygen atoms in total. The van der Waals surface area contributed by atoms with Crippen LogP contribution in [0.1, 0.15) is 5.56 Å². The Hall–Kier alpha value is -3.97. The van der Waals surface area contributed by atoms with Crippen molar-refractivity contribution in [1.29, 1.82) is 0 Å². The molecule has 0 unspecified atom stereocenters. The molecule has 1 aliphatic carbocycles. The number of carbonyl (C=O) groups is 1. The summed E-state index contributed by atoms with van der Waals surface area (Å²) in [5.41, 5.74) is 3.38. The van der Waals surface area contributed by atoms with Gasteiger partial charge in [0.15, 0.2) is 0 Å². The van der Waals surface area contributed by atoms with Crippen LogP contribution in [-0.2, 0) is 14.8 Å². The Kier molecular flexibility index (Phi) is 6.00. The maximum atomic E-state index is 12.8. The van der Waals surface area contributed by atoms with Crippen molar-refractivity contribution in [3.63, 3.8) is 0 Å². The Morgan fingerprint density at radius 3 is 1.72 bits per heavy atom. The molecular weight excluding hydrogens is 422 g/mol. The van der Waals surface area contributed by atoms with Gasteiger partial charge in [-0.3, -0.25) is 4.79 Å². The highest BCUT2D eigenvalue weighted by Crippen LogP contribution is 2.23. The predicted octanol–water partition coefficient (Wildman–Crippen LogP) is 4.70. The van der Waals surface area contributed by atoms with Gasteiger partial charge in [-0.25, -0.2) is 0 Å². The van der Waals surface area contributed by atoms with E-state index in [1.54, 1.807) is 12.1 Å². The molecule has 0 heterocycles. The number of hydrogen-bond acceptors (Lipinski definition) is 5. The van der Waals surface area contributed by atoms with Crippen molar-refractivity contribution in [2.45, 2.75) is 11.8 Å². The molecule has 0 saturated heterocycles. The molecule has 3 aromatic rings. The van der Waals surface area contributed by atoms with Crippen molar-refractivity contribution in [2.75, 3.05) is 10.6 Å². The molecule has 7 heteroatoms. The Morgan fingerprint density at radius 1 is 0.688 bits per heavy atom. The van der Waals surface area contributed by atoms with Crippen LogP contribution in [0.4, 0.5) is 11.4 Å². The number of sulfonamides is 1.